The summed E-state index contributed by atoms with van der Waals surface area (Å²) in [7, 11) is -7.14. The summed E-state index contributed by atoms with van der Waals surface area (Å²) < 4.78 is 53.8. The Kier molecular flexibility index (Phi) is 11.0. The van der Waals surface area contributed by atoms with Gasteiger partial charge in [-0.25, -0.2) is 8.42 Å². The third-order valence-corrected chi connectivity index (χ3v) is 9.85. The van der Waals surface area contributed by atoms with Gasteiger partial charge in [0, 0.05) is 27.5 Å². The molecule has 8 nitrogen and oxygen atoms in total. The number of carbonyl (C=O) groups excluding carboxylic acids is 1. The fraction of sp³-hybridized carbons (Fsp3) is 0.233. The molecule has 1 amide bonds. The molecule has 0 saturated heterocycles. The van der Waals surface area contributed by atoms with Crippen LogP contribution in [0.5, 0.6) is 0 Å². The Morgan fingerprint density at radius 1 is 0.905 bits per heavy atom. The second-order valence-corrected chi connectivity index (χ2v) is 13.0. The highest BCUT2D eigenvalue weighted by Crippen LogP contribution is 2.42. The number of ether oxygens (including phenoxy) is 1. The molecule has 0 aliphatic heterocycles. The molecular formula is C30H30Cl2N2O6PS+. The molecular weight excluding hydrogens is 618 g/mol. The molecule has 0 bridgehead atoms. The average molecular weight is 649 g/mol. The highest BCUT2D eigenvalue weighted by atomic mass is 35.5. The minimum atomic E-state index is -4.48. The molecule has 0 aliphatic carbocycles. The summed E-state index contributed by atoms with van der Waals surface area (Å²) in [5.41, 5.74) is 1.59. The summed E-state index contributed by atoms with van der Waals surface area (Å²) in [6.45, 7) is 3.83. The van der Waals surface area contributed by atoms with Crippen molar-refractivity contribution in [3.63, 3.8) is 0 Å². The van der Waals surface area contributed by atoms with Crippen LogP contribution in [0.3, 0.4) is 0 Å². The van der Waals surface area contributed by atoms with Crippen molar-refractivity contribution in [1.29, 1.82) is 0 Å². The summed E-state index contributed by atoms with van der Waals surface area (Å²) in [6.07, 6.45) is 0.650. The molecule has 4 aromatic carbocycles. The monoisotopic (exact) mass is 647 g/mol. The second kappa shape index (κ2) is 14.4. The lowest BCUT2D eigenvalue weighted by Crippen LogP contribution is -2.40. The zero-order chi connectivity index (χ0) is 30.3. The van der Waals surface area contributed by atoms with Gasteiger partial charge in [-0.05, 0) is 66.1 Å². The van der Waals surface area contributed by atoms with Crippen LogP contribution in [-0.2, 0) is 30.3 Å². The predicted molar refractivity (Wildman–Crippen MR) is 167 cm³/mol. The quantitative estimate of drug-likeness (QED) is 0.120. The number of hydrogen-bond acceptors (Lipinski definition) is 6. The second-order valence-electron chi connectivity index (χ2n) is 9.06. The molecule has 220 valence electrons. The van der Waals surface area contributed by atoms with Crippen molar-refractivity contribution in [2.75, 3.05) is 24.1 Å². The van der Waals surface area contributed by atoms with E-state index in [0.717, 1.165) is 9.87 Å². The van der Waals surface area contributed by atoms with Crippen LogP contribution in [0.2, 0.25) is 10.0 Å². The fourth-order valence-corrected chi connectivity index (χ4v) is 8.16. The van der Waals surface area contributed by atoms with Crippen LogP contribution in [0.25, 0.3) is 10.8 Å². The maximum atomic E-state index is 14.3. The maximum absolute atomic E-state index is 14.3. The standard InChI is InChI=1S/C30H29Cl2N2O6PS/c1-3-39-30(41(36)40-4-2)34(42(37,38)24-19-22(31)18-23(32)20-24)28-15-9-12-25-26(28)13-8-14-27(25)29(35)33-17-16-21-10-6-5-7-11-21/h5-15,18-20,30H,3-4,16-17H2,1-2H3/p+1. The molecule has 12 heteroatoms. The molecule has 0 aliphatic rings. The van der Waals surface area contributed by atoms with Gasteiger partial charge in [-0.3, -0.25) is 4.79 Å². The first-order valence-electron chi connectivity index (χ1n) is 13.2. The number of carbonyl (C=O) groups is 1. The number of benzene rings is 4. The lowest BCUT2D eigenvalue weighted by Gasteiger charge is -2.27. The normalized spacial score (nSPS) is 12.6. The minimum absolute atomic E-state index is 0.0426. The first-order chi connectivity index (χ1) is 20.2. The lowest BCUT2D eigenvalue weighted by atomic mass is 10.0. The van der Waals surface area contributed by atoms with Gasteiger partial charge in [0.1, 0.15) is 0 Å². The molecule has 0 aromatic heterocycles. The van der Waals surface area contributed by atoms with Crippen LogP contribution < -0.4 is 9.62 Å². The van der Waals surface area contributed by atoms with E-state index in [-0.39, 0.29) is 39.7 Å². The number of anilines is 1. The van der Waals surface area contributed by atoms with Crippen molar-refractivity contribution in [1.82, 2.24) is 5.32 Å². The van der Waals surface area contributed by atoms with Crippen molar-refractivity contribution >= 4 is 63.6 Å². The molecule has 42 heavy (non-hydrogen) atoms. The van der Waals surface area contributed by atoms with Crippen LogP contribution in [-0.4, -0.2) is 40.1 Å². The Labute approximate surface area is 256 Å². The molecule has 2 atom stereocenters. The zero-order valence-electron chi connectivity index (χ0n) is 23.0. The Balaban J connectivity index is 1.82. The molecule has 4 rings (SSSR count). The van der Waals surface area contributed by atoms with Gasteiger partial charge in [-0.2, -0.15) is 4.31 Å². The van der Waals surface area contributed by atoms with Gasteiger partial charge in [0.15, 0.2) is 0 Å². The van der Waals surface area contributed by atoms with Gasteiger partial charge < -0.3 is 10.1 Å². The number of rotatable bonds is 13. The smallest absolute Gasteiger partial charge is 0.352 e. The van der Waals surface area contributed by atoms with Gasteiger partial charge in [0.05, 0.1) is 23.8 Å². The Hall–Kier alpha value is -3.04. The molecule has 0 spiro atoms. The first-order valence-corrected chi connectivity index (χ1v) is 16.7. The fourth-order valence-electron chi connectivity index (χ4n) is 4.46. The van der Waals surface area contributed by atoms with Gasteiger partial charge in [0.2, 0.25) is 0 Å². The number of hydrogen-bond donors (Lipinski definition) is 1. The number of nitrogens with one attached hydrogen (secondary N) is 1. The highest BCUT2D eigenvalue weighted by Gasteiger charge is 2.47. The van der Waals surface area contributed by atoms with Crippen LogP contribution in [0.15, 0.2) is 89.8 Å². The maximum Gasteiger partial charge on any atom is 0.565 e. The first kappa shape index (κ1) is 31.9. The topological polar surface area (TPSA) is 102 Å². The Bertz CT molecular complexity index is 1670. The number of fused-ring (bicyclic) bond motifs is 1. The summed E-state index contributed by atoms with van der Waals surface area (Å²) in [5, 5.41) is 4.08. The van der Waals surface area contributed by atoms with E-state index >= 15 is 0 Å². The molecule has 1 N–H and O–H groups in total. The predicted octanol–water partition coefficient (Wildman–Crippen LogP) is 7.41. The van der Waals surface area contributed by atoms with E-state index in [4.69, 9.17) is 32.5 Å². The molecule has 0 saturated carbocycles. The van der Waals surface area contributed by atoms with Gasteiger partial charge in [-0.15, -0.1) is 4.52 Å². The number of amides is 1. The van der Waals surface area contributed by atoms with Crippen LogP contribution in [0.4, 0.5) is 5.69 Å². The highest BCUT2D eigenvalue weighted by molar-refractivity contribution is 7.93. The van der Waals surface area contributed by atoms with Crippen LogP contribution in [0, 0.1) is 0 Å². The Morgan fingerprint density at radius 2 is 1.57 bits per heavy atom. The van der Waals surface area contributed by atoms with Gasteiger partial charge >= 0.3 is 14.0 Å². The summed E-state index contributed by atoms with van der Waals surface area (Å²) in [4.78, 5) is 13.1. The molecule has 2 unspecified atom stereocenters. The van der Waals surface area contributed by atoms with Gasteiger partial charge in [0.25, 0.3) is 15.9 Å². The summed E-state index contributed by atoms with van der Waals surface area (Å²) in [5.74, 6) is -1.84. The summed E-state index contributed by atoms with van der Waals surface area (Å²) in [6, 6.07) is 23.6. The van der Waals surface area contributed by atoms with E-state index in [1.165, 1.54) is 18.2 Å². The van der Waals surface area contributed by atoms with E-state index in [9.17, 15) is 17.8 Å². The largest absolute Gasteiger partial charge is 0.565 e. The van der Waals surface area contributed by atoms with Crippen molar-refractivity contribution in [2.45, 2.75) is 31.1 Å². The van der Waals surface area contributed by atoms with E-state index in [2.05, 4.69) is 5.32 Å². The Morgan fingerprint density at radius 3 is 2.24 bits per heavy atom. The average Bonchev–Trinajstić information content (AvgIpc) is 2.96. The van der Waals surface area contributed by atoms with E-state index < -0.39 is 24.0 Å². The zero-order valence-corrected chi connectivity index (χ0v) is 26.2. The minimum Gasteiger partial charge on any atom is -0.352 e. The van der Waals surface area contributed by atoms with Crippen molar-refractivity contribution in [3.05, 3.63) is 106 Å². The molecule has 4 aromatic rings. The van der Waals surface area contributed by atoms with Crippen LogP contribution in [0.1, 0.15) is 29.8 Å². The van der Waals surface area contributed by atoms with Crippen molar-refractivity contribution < 1.29 is 27.0 Å². The van der Waals surface area contributed by atoms with Crippen molar-refractivity contribution in [3.8, 4) is 0 Å². The number of sulfonamides is 1. The molecule has 0 heterocycles. The SMILES string of the molecule is CCOC(N(c1cccc2c(C(=O)NCCc3ccccc3)cccc12)S(=O)(=O)c1cc(Cl)cc(Cl)c1)[P+](=O)OCC. The number of nitrogens with zero attached hydrogens (tertiary/aromatic N) is 1. The molecule has 0 radical (unpaired) electrons. The van der Waals surface area contributed by atoms with Crippen molar-refractivity contribution in [2.24, 2.45) is 0 Å². The van der Waals surface area contributed by atoms with Gasteiger partial charge in [-0.1, -0.05) is 77.8 Å². The molecule has 0 fully saturated rings. The van der Waals surface area contributed by atoms with E-state index in [0.29, 0.717) is 29.3 Å². The van der Waals surface area contributed by atoms with E-state index in [1.807, 2.05) is 30.3 Å². The van der Waals surface area contributed by atoms with Crippen LogP contribution >= 0.6 is 31.2 Å². The number of halogens is 2. The third kappa shape index (κ3) is 7.29. The van der Waals surface area contributed by atoms with E-state index in [1.54, 1.807) is 50.2 Å². The lowest BCUT2D eigenvalue weighted by molar-refractivity contribution is 0.0955. The summed E-state index contributed by atoms with van der Waals surface area (Å²) >= 11 is 12.3. The third-order valence-electron chi connectivity index (χ3n) is 6.27.